The molecule has 0 saturated carbocycles. The molecule has 2 N–H and O–H groups in total. The third-order valence-corrected chi connectivity index (χ3v) is 3.57. The highest BCUT2D eigenvalue weighted by Crippen LogP contribution is 2.03. The van der Waals surface area contributed by atoms with Gasteiger partial charge in [0.1, 0.15) is 5.82 Å². The van der Waals surface area contributed by atoms with Crippen LogP contribution in [0.3, 0.4) is 0 Å². The molecule has 2 aromatic carbocycles. The second-order valence-corrected chi connectivity index (χ2v) is 5.66. The molecule has 0 unspecified atom stereocenters. The van der Waals surface area contributed by atoms with E-state index in [4.69, 9.17) is 12.2 Å². The second kappa shape index (κ2) is 9.00. The number of hydrogen-bond acceptors (Lipinski definition) is 2. The summed E-state index contributed by atoms with van der Waals surface area (Å²) < 4.78 is 12.8. The molecule has 0 aliphatic rings. The molecule has 0 aliphatic carbocycles. The molecule has 0 spiro atoms. The van der Waals surface area contributed by atoms with E-state index < -0.39 is 0 Å². The highest BCUT2D eigenvalue weighted by atomic mass is 32.1. The quantitative estimate of drug-likeness (QED) is 0.481. The maximum absolute atomic E-state index is 12.8. The largest absolute Gasteiger partial charge is 0.357 e. The summed E-state index contributed by atoms with van der Waals surface area (Å²) in [7, 11) is 0. The number of aryl methyl sites for hydroxylation is 1. The molecule has 0 atom stereocenters. The molecule has 0 saturated heterocycles. The summed E-state index contributed by atoms with van der Waals surface area (Å²) in [5.41, 5.74) is 6.07. The Balaban J connectivity index is 1.71. The van der Waals surface area contributed by atoms with E-state index in [-0.39, 0.29) is 5.82 Å². The van der Waals surface area contributed by atoms with Gasteiger partial charge in [0.15, 0.2) is 5.11 Å². The average Bonchev–Trinajstić information content (AvgIpc) is 2.58. The van der Waals surface area contributed by atoms with Crippen LogP contribution < -0.4 is 10.7 Å². The Morgan fingerprint density at radius 2 is 1.74 bits per heavy atom. The van der Waals surface area contributed by atoms with Gasteiger partial charge in [0.2, 0.25) is 0 Å². The predicted octanol–water partition coefficient (Wildman–Crippen LogP) is 3.80. The zero-order valence-corrected chi connectivity index (χ0v) is 13.9. The van der Waals surface area contributed by atoms with E-state index in [9.17, 15) is 4.39 Å². The van der Waals surface area contributed by atoms with Crippen LogP contribution in [0.1, 0.15) is 24.5 Å². The fourth-order valence-electron chi connectivity index (χ4n) is 2.00. The fourth-order valence-corrected chi connectivity index (χ4v) is 2.11. The SMILES string of the molecule is C/C(CCc1ccccc1)=N/NC(=S)NCc1ccc(F)cc1. The Morgan fingerprint density at radius 1 is 1.04 bits per heavy atom. The monoisotopic (exact) mass is 329 g/mol. The van der Waals surface area contributed by atoms with Gasteiger partial charge in [0.25, 0.3) is 0 Å². The van der Waals surface area contributed by atoms with Crippen molar-refractivity contribution in [2.45, 2.75) is 26.3 Å². The minimum absolute atomic E-state index is 0.243. The van der Waals surface area contributed by atoms with Gasteiger partial charge in [-0.2, -0.15) is 5.10 Å². The predicted molar refractivity (Wildman–Crippen MR) is 96.8 cm³/mol. The smallest absolute Gasteiger partial charge is 0.187 e. The first-order valence-electron chi connectivity index (χ1n) is 7.49. The van der Waals surface area contributed by atoms with Crippen LogP contribution in [0.25, 0.3) is 0 Å². The van der Waals surface area contributed by atoms with Crippen molar-refractivity contribution in [3.8, 4) is 0 Å². The summed E-state index contributed by atoms with van der Waals surface area (Å²) in [5, 5.41) is 7.76. The van der Waals surface area contributed by atoms with E-state index in [1.54, 1.807) is 12.1 Å². The lowest BCUT2D eigenvalue weighted by Crippen LogP contribution is -2.32. The van der Waals surface area contributed by atoms with Crippen molar-refractivity contribution < 1.29 is 4.39 Å². The second-order valence-electron chi connectivity index (χ2n) is 5.25. The fraction of sp³-hybridized carbons (Fsp3) is 0.222. The van der Waals surface area contributed by atoms with E-state index in [2.05, 4.69) is 28.0 Å². The van der Waals surface area contributed by atoms with Crippen LogP contribution in [0.2, 0.25) is 0 Å². The standard InChI is InChI=1S/C18H20FN3S/c1-14(7-8-15-5-3-2-4-6-15)21-22-18(23)20-13-16-9-11-17(19)12-10-16/h2-6,9-12H,7-8,13H2,1H3,(H2,20,22,23)/b21-14-. The van der Waals surface area contributed by atoms with E-state index in [1.807, 2.05) is 25.1 Å². The van der Waals surface area contributed by atoms with Crippen molar-refractivity contribution in [3.05, 3.63) is 71.5 Å². The Labute approximate surface area is 141 Å². The summed E-state index contributed by atoms with van der Waals surface area (Å²) >= 11 is 5.17. The Bertz CT molecular complexity index is 654. The number of hydrogen-bond donors (Lipinski definition) is 2. The van der Waals surface area contributed by atoms with Crippen LogP contribution in [0, 0.1) is 5.82 Å². The molecule has 3 nitrogen and oxygen atoms in total. The maximum atomic E-state index is 12.8. The Kier molecular flexibility index (Phi) is 6.69. The van der Waals surface area contributed by atoms with Crippen LogP contribution in [-0.4, -0.2) is 10.8 Å². The number of nitrogens with zero attached hydrogens (tertiary/aromatic N) is 1. The van der Waals surface area contributed by atoms with Crippen molar-refractivity contribution in [3.63, 3.8) is 0 Å². The van der Waals surface area contributed by atoms with Gasteiger partial charge in [-0.1, -0.05) is 42.5 Å². The molecule has 0 amide bonds. The third-order valence-electron chi connectivity index (χ3n) is 3.33. The first-order valence-corrected chi connectivity index (χ1v) is 7.89. The average molecular weight is 329 g/mol. The van der Waals surface area contributed by atoms with Gasteiger partial charge in [-0.3, -0.25) is 5.43 Å². The summed E-state index contributed by atoms with van der Waals surface area (Å²) in [4.78, 5) is 0. The Morgan fingerprint density at radius 3 is 2.43 bits per heavy atom. The number of hydrazone groups is 1. The highest BCUT2D eigenvalue weighted by Gasteiger charge is 1.98. The molecule has 0 fully saturated rings. The van der Waals surface area contributed by atoms with Gasteiger partial charge in [0, 0.05) is 12.3 Å². The van der Waals surface area contributed by atoms with Crippen LogP contribution in [0.15, 0.2) is 59.7 Å². The van der Waals surface area contributed by atoms with E-state index in [0.717, 1.165) is 24.1 Å². The van der Waals surface area contributed by atoms with Gasteiger partial charge in [-0.25, -0.2) is 4.39 Å². The molecule has 0 radical (unpaired) electrons. The first kappa shape index (κ1) is 17.1. The van der Waals surface area contributed by atoms with Gasteiger partial charge in [-0.05, 0) is 55.2 Å². The van der Waals surface area contributed by atoms with E-state index in [1.165, 1.54) is 17.7 Å². The molecular formula is C18H20FN3S. The molecule has 2 aromatic rings. The molecular weight excluding hydrogens is 309 g/mol. The van der Waals surface area contributed by atoms with Gasteiger partial charge < -0.3 is 5.32 Å². The Hall–Kier alpha value is -2.27. The van der Waals surface area contributed by atoms with Crippen LogP contribution in [-0.2, 0) is 13.0 Å². The molecule has 2 rings (SSSR count). The summed E-state index contributed by atoms with van der Waals surface area (Å²) in [6.07, 6.45) is 1.82. The van der Waals surface area contributed by atoms with E-state index in [0.29, 0.717) is 11.7 Å². The highest BCUT2D eigenvalue weighted by molar-refractivity contribution is 7.80. The molecule has 0 aromatic heterocycles. The van der Waals surface area contributed by atoms with Crippen LogP contribution in [0.5, 0.6) is 0 Å². The van der Waals surface area contributed by atoms with Crippen molar-refractivity contribution >= 4 is 23.0 Å². The molecule has 23 heavy (non-hydrogen) atoms. The lowest BCUT2D eigenvalue weighted by Gasteiger charge is -2.08. The zero-order chi connectivity index (χ0) is 16.5. The lowest BCUT2D eigenvalue weighted by molar-refractivity contribution is 0.626. The van der Waals surface area contributed by atoms with Crippen LogP contribution in [0.4, 0.5) is 4.39 Å². The van der Waals surface area contributed by atoms with Gasteiger partial charge in [-0.15, -0.1) is 0 Å². The number of rotatable bonds is 6. The maximum Gasteiger partial charge on any atom is 0.187 e. The molecule has 0 aliphatic heterocycles. The van der Waals surface area contributed by atoms with Crippen LogP contribution >= 0.6 is 12.2 Å². The molecule has 5 heteroatoms. The van der Waals surface area contributed by atoms with Crippen molar-refractivity contribution in [2.24, 2.45) is 5.10 Å². The normalized spacial score (nSPS) is 11.1. The molecule has 120 valence electrons. The number of halogens is 1. The van der Waals surface area contributed by atoms with Crippen molar-refractivity contribution in [1.29, 1.82) is 0 Å². The zero-order valence-electron chi connectivity index (χ0n) is 13.1. The van der Waals surface area contributed by atoms with Crippen molar-refractivity contribution in [2.75, 3.05) is 0 Å². The minimum Gasteiger partial charge on any atom is -0.357 e. The molecule has 0 bridgehead atoms. The van der Waals surface area contributed by atoms with Crippen molar-refractivity contribution in [1.82, 2.24) is 10.7 Å². The van der Waals surface area contributed by atoms with E-state index >= 15 is 0 Å². The summed E-state index contributed by atoms with van der Waals surface area (Å²) in [6, 6.07) is 16.6. The topological polar surface area (TPSA) is 36.4 Å². The summed E-state index contributed by atoms with van der Waals surface area (Å²) in [5.74, 6) is -0.243. The minimum atomic E-state index is -0.243. The number of benzene rings is 2. The van der Waals surface area contributed by atoms with Gasteiger partial charge in [0.05, 0.1) is 0 Å². The third kappa shape index (κ3) is 6.57. The number of nitrogens with one attached hydrogen (secondary N) is 2. The lowest BCUT2D eigenvalue weighted by atomic mass is 10.1. The molecule has 0 heterocycles. The first-order chi connectivity index (χ1) is 11.1. The summed E-state index contributed by atoms with van der Waals surface area (Å²) in [6.45, 7) is 2.50. The van der Waals surface area contributed by atoms with Gasteiger partial charge >= 0.3 is 0 Å². The number of thiocarbonyl (C=S) groups is 1.